The van der Waals surface area contributed by atoms with Crippen molar-refractivity contribution in [2.45, 2.75) is 26.4 Å². The van der Waals surface area contributed by atoms with Crippen LogP contribution in [0.5, 0.6) is 17.2 Å². The first-order valence-electron chi connectivity index (χ1n) is 7.30. The molecule has 0 aliphatic rings. The number of alkyl carbamates (subject to hydrolysis) is 1. The molecular formula is C17H22FNO5. The lowest BCUT2D eigenvalue weighted by Crippen LogP contribution is -2.34. The Kier molecular flexibility index (Phi) is 7.18. The zero-order chi connectivity index (χ0) is 18.2. The van der Waals surface area contributed by atoms with Gasteiger partial charge in [0.05, 0.1) is 13.7 Å². The second-order valence-electron chi connectivity index (χ2n) is 5.70. The molecule has 0 aliphatic heterocycles. The number of amides is 1. The van der Waals surface area contributed by atoms with Gasteiger partial charge in [-0.15, -0.1) is 6.42 Å². The van der Waals surface area contributed by atoms with E-state index < -0.39 is 17.5 Å². The highest BCUT2D eigenvalue weighted by Crippen LogP contribution is 2.33. The zero-order valence-corrected chi connectivity index (χ0v) is 14.3. The van der Waals surface area contributed by atoms with Gasteiger partial charge in [-0.1, -0.05) is 5.92 Å². The molecule has 0 bridgehead atoms. The number of hydrogen-bond acceptors (Lipinski definition) is 5. The highest BCUT2D eigenvalue weighted by Gasteiger charge is 2.16. The van der Waals surface area contributed by atoms with Crippen LogP contribution in [0.2, 0.25) is 0 Å². The minimum absolute atomic E-state index is 0.00415. The fraction of sp³-hybridized carbons (Fsp3) is 0.471. The molecule has 0 radical (unpaired) electrons. The van der Waals surface area contributed by atoms with Crippen molar-refractivity contribution < 1.29 is 28.1 Å². The largest absolute Gasteiger partial charge is 0.493 e. The minimum Gasteiger partial charge on any atom is -0.493 e. The number of ether oxygens (including phenoxy) is 4. The van der Waals surface area contributed by atoms with Crippen LogP contribution in [0, 0.1) is 18.2 Å². The Labute approximate surface area is 141 Å². The molecule has 1 aromatic carbocycles. The summed E-state index contributed by atoms with van der Waals surface area (Å²) in [5.41, 5.74) is -0.585. The van der Waals surface area contributed by atoms with E-state index in [-0.39, 0.29) is 31.3 Å². The van der Waals surface area contributed by atoms with Crippen molar-refractivity contribution in [3.05, 3.63) is 17.9 Å². The van der Waals surface area contributed by atoms with Gasteiger partial charge in [0.25, 0.3) is 0 Å². The van der Waals surface area contributed by atoms with E-state index in [4.69, 9.17) is 25.4 Å². The summed E-state index contributed by atoms with van der Waals surface area (Å²) in [6, 6.07) is 2.49. The first-order valence-corrected chi connectivity index (χ1v) is 7.30. The van der Waals surface area contributed by atoms with Crippen molar-refractivity contribution in [2.24, 2.45) is 0 Å². The predicted molar refractivity (Wildman–Crippen MR) is 87.0 cm³/mol. The van der Waals surface area contributed by atoms with Crippen LogP contribution in [0.1, 0.15) is 20.8 Å². The molecule has 1 amide bonds. The summed E-state index contributed by atoms with van der Waals surface area (Å²) in [6.07, 6.45) is 4.53. The van der Waals surface area contributed by atoms with E-state index >= 15 is 0 Å². The minimum atomic E-state index is -0.625. The Morgan fingerprint density at radius 2 is 1.96 bits per heavy atom. The van der Waals surface area contributed by atoms with Gasteiger partial charge in [-0.05, 0) is 20.8 Å². The van der Waals surface area contributed by atoms with Crippen LogP contribution < -0.4 is 19.5 Å². The first kappa shape index (κ1) is 19.4. The third kappa shape index (κ3) is 6.65. The number of halogens is 1. The van der Waals surface area contributed by atoms with Gasteiger partial charge in [-0.25, -0.2) is 9.18 Å². The van der Waals surface area contributed by atoms with Crippen molar-refractivity contribution in [2.75, 3.05) is 26.9 Å². The Hall–Kier alpha value is -2.62. The average molecular weight is 339 g/mol. The number of carbonyl (C=O) groups is 1. The van der Waals surface area contributed by atoms with E-state index in [9.17, 15) is 9.18 Å². The maximum atomic E-state index is 14.0. The van der Waals surface area contributed by atoms with Crippen molar-refractivity contribution in [3.63, 3.8) is 0 Å². The number of benzene rings is 1. The number of carbonyl (C=O) groups excluding carboxylic acids is 1. The van der Waals surface area contributed by atoms with Crippen LogP contribution in [0.25, 0.3) is 0 Å². The fourth-order valence-corrected chi connectivity index (χ4v) is 1.65. The lowest BCUT2D eigenvalue weighted by molar-refractivity contribution is 0.0520. The lowest BCUT2D eigenvalue weighted by Gasteiger charge is -2.19. The topological polar surface area (TPSA) is 66.0 Å². The van der Waals surface area contributed by atoms with E-state index in [0.717, 1.165) is 6.07 Å². The first-order chi connectivity index (χ1) is 11.3. The van der Waals surface area contributed by atoms with Gasteiger partial charge in [0.2, 0.25) is 0 Å². The number of nitrogens with one attached hydrogen (secondary N) is 1. The third-order valence-electron chi connectivity index (χ3n) is 2.56. The number of methoxy groups -OCH3 is 1. The molecule has 24 heavy (non-hydrogen) atoms. The van der Waals surface area contributed by atoms with Crippen LogP contribution >= 0.6 is 0 Å². The molecule has 1 aromatic rings. The molecular weight excluding hydrogens is 317 g/mol. The summed E-state index contributed by atoms with van der Waals surface area (Å²) in [5, 5.41) is 2.51. The molecule has 0 unspecified atom stereocenters. The van der Waals surface area contributed by atoms with Crippen LogP contribution in [0.3, 0.4) is 0 Å². The Morgan fingerprint density at radius 1 is 1.25 bits per heavy atom. The molecule has 0 fully saturated rings. The van der Waals surface area contributed by atoms with E-state index in [0.29, 0.717) is 5.75 Å². The number of rotatable bonds is 7. The predicted octanol–water partition coefficient (Wildman–Crippen LogP) is 2.75. The summed E-state index contributed by atoms with van der Waals surface area (Å²) in [6.45, 7) is 5.49. The maximum Gasteiger partial charge on any atom is 0.407 e. The monoisotopic (exact) mass is 339 g/mol. The highest BCUT2D eigenvalue weighted by atomic mass is 19.1. The Morgan fingerprint density at radius 3 is 2.54 bits per heavy atom. The quantitative estimate of drug-likeness (QED) is 0.611. The van der Waals surface area contributed by atoms with Gasteiger partial charge < -0.3 is 24.3 Å². The van der Waals surface area contributed by atoms with Gasteiger partial charge in [-0.3, -0.25) is 0 Å². The van der Waals surface area contributed by atoms with E-state index in [1.807, 2.05) is 0 Å². The van der Waals surface area contributed by atoms with Gasteiger partial charge in [0.1, 0.15) is 18.8 Å². The van der Waals surface area contributed by atoms with Crippen molar-refractivity contribution in [3.8, 4) is 29.6 Å². The normalized spacial score (nSPS) is 10.5. The van der Waals surface area contributed by atoms with Crippen LogP contribution in [-0.4, -0.2) is 38.6 Å². The molecule has 0 atom stereocenters. The zero-order valence-electron chi connectivity index (χ0n) is 14.3. The third-order valence-corrected chi connectivity index (χ3v) is 2.56. The molecule has 132 valence electrons. The number of terminal acetylenes is 1. The molecule has 0 spiro atoms. The fourth-order valence-electron chi connectivity index (χ4n) is 1.65. The van der Waals surface area contributed by atoms with Crippen molar-refractivity contribution in [1.29, 1.82) is 0 Å². The molecule has 0 aromatic heterocycles. The molecule has 0 saturated heterocycles. The van der Waals surface area contributed by atoms with Crippen LogP contribution in [-0.2, 0) is 4.74 Å². The molecule has 7 heteroatoms. The Balaban J connectivity index is 2.56. The molecule has 0 saturated carbocycles. The van der Waals surface area contributed by atoms with Crippen LogP contribution in [0.4, 0.5) is 9.18 Å². The van der Waals surface area contributed by atoms with Gasteiger partial charge in [-0.2, -0.15) is 0 Å². The number of hydrogen-bond donors (Lipinski definition) is 1. The molecule has 6 nitrogen and oxygen atoms in total. The summed E-state index contributed by atoms with van der Waals surface area (Å²) in [7, 11) is 1.42. The second-order valence-corrected chi connectivity index (χ2v) is 5.70. The molecule has 0 heterocycles. The van der Waals surface area contributed by atoms with Crippen LogP contribution in [0.15, 0.2) is 12.1 Å². The molecule has 0 aliphatic carbocycles. The highest BCUT2D eigenvalue weighted by molar-refractivity contribution is 5.67. The van der Waals surface area contributed by atoms with E-state index in [2.05, 4.69) is 11.2 Å². The van der Waals surface area contributed by atoms with Gasteiger partial charge in [0.15, 0.2) is 23.1 Å². The molecule has 1 rings (SSSR count). The summed E-state index contributed by atoms with van der Waals surface area (Å²) >= 11 is 0. The Bertz CT molecular complexity index is 604. The summed E-state index contributed by atoms with van der Waals surface area (Å²) in [5.74, 6) is 2.12. The lowest BCUT2D eigenvalue weighted by atomic mass is 10.2. The average Bonchev–Trinajstić information content (AvgIpc) is 2.49. The van der Waals surface area contributed by atoms with Gasteiger partial charge in [0, 0.05) is 12.1 Å². The summed E-state index contributed by atoms with van der Waals surface area (Å²) < 4.78 is 34.6. The van der Waals surface area contributed by atoms with E-state index in [1.54, 1.807) is 20.8 Å². The molecule has 1 N–H and O–H groups in total. The van der Waals surface area contributed by atoms with E-state index in [1.165, 1.54) is 13.2 Å². The van der Waals surface area contributed by atoms with Crippen molar-refractivity contribution >= 4 is 6.09 Å². The smallest absolute Gasteiger partial charge is 0.407 e. The summed E-state index contributed by atoms with van der Waals surface area (Å²) in [4.78, 5) is 11.5. The second kappa shape index (κ2) is 8.87. The van der Waals surface area contributed by atoms with Gasteiger partial charge >= 0.3 is 6.09 Å². The standard InChI is InChI=1S/C17H22FNO5/c1-6-8-22-15-10-12(18)13(11-14(15)21-5)23-9-7-19-16(20)24-17(2,3)4/h1,10-11H,7-9H2,2-5H3,(H,19,20). The SMILES string of the molecule is C#CCOc1cc(F)c(OCCNC(=O)OC(C)(C)C)cc1OC. The maximum absolute atomic E-state index is 14.0. The van der Waals surface area contributed by atoms with Crippen molar-refractivity contribution in [1.82, 2.24) is 5.32 Å².